The number of nitrogens with zero attached hydrogens (tertiary/aromatic N) is 1. The first-order valence-corrected chi connectivity index (χ1v) is 8.21. The monoisotopic (exact) mass is 310 g/mol. The zero-order valence-corrected chi connectivity index (χ0v) is 13.5. The number of nitrogens with one attached hydrogen (secondary N) is 1. The zero-order chi connectivity index (χ0) is 15.7. The molecule has 3 aliphatic rings. The predicted molar refractivity (Wildman–Crippen MR) is 80.1 cm³/mol. The molecule has 3 fully saturated rings. The summed E-state index contributed by atoms with van der Waals surface area (Å²) in [6, 6.07) is 0. The summed E-state index contributed by atoms with van der Waals surface area (Å²) in [7, 11) is 1.51. The molecule has 3 atom stereocenters. The van der Waals surface area contributed by atoms with Gasteiger partial charge in [-0.2, -0.15) is 0 Å². The number of ether oxygens (including phenoxy) is 2. The lowest BCUT2D eigenvalue weighted by atomic mass is 9.82. The summed E-state index contributed by atoms with van der Waals surface area (Å²) < 4.78 is 10.8. The van der Waals surface area contributed by atoms with Crippen LogP contribution in [0.2, 0.25) is 0 Å². The van der Waals surface area contributed by atoms with Crippen molar-refractivity contribution in [3.8, 4) is 0 Å². The molecule has 0 unspecified atom stereocenters. The fourth-order valence-electron chi connectivity index (χ4n) is 3.47. The molecule has 0 radical (unpaired) electrons. The maximum Gasteiger partial charge on any atom is 0.245 e. The third-order valence-corrected chi connectivity index (χ3v) is 5.19. The molecule has 3 rings (SSSR count). The number of amides is 2. The van der Waals surface area contributed by atoms with Crippen LogP contribution in [-0.2, 0) is 19.1 Å². The molecule has 22 heavy (non-hydrogen) atoms. The summed E-state index contributed by atoms with van der Waals surface area (Å²) in [5, 5.41) is 2.86. The van der Waals surface area contributed by atoms with Crippen LogP contribution in [0.1, 0.15) is 26.2 Å². The first-order chi connectivity index (χ1) is 10.5. The largest absolute Gasteiger partial charge is 0.375 e. The highest BCUT2D eigenvalue weighted by Gasteiger charge is 2.52. The number of methoxy groups -OCH3 is 1. The molecule has 6 heteroatoms. The standard InChI is InChI=1S/C16H26N2O4/c1-11-5-13(11)15(20)18-9-16(10-18)4-3-12(7-22-16)6-17-14(19)8-21-2/h11-13H,3-10H2,1-2H3,(H,17,19)/t11-,12-,13-/m0/s1. The van der Waals surface area contributed by atoms with Crippen LogP contribution in [0.3, 0.4) is 0 Å². The van der Waals surface area contributed by atoms with Crippen molar-refractivity contribution in [2.75, 3.05) is 40.0 Å². The Hall–Kier alpha value is -1.14. The molecule has 6 nitrogen and oxygen atoms in total. The molecule has 1 N–H and O–H groups in total. The summed E-state index contributed by atoms with van der Waals surface area (Å²) in [6.45, 7) is 5.04. The van der Waals surface area contributed by atoms with Crippen LogP contribution in [0.15, 0.2) is 0 Å². The van der Waals surface area contributed by atoms with Gasteiger partial charge in [-0.25, -0.2) is 0 Å². The van der Waals surface area contributed by atoms with E-state index in [-0.39, 0.29) is 24.0 Å². The Morgan fingerprint density at radius 2 is 2.14 bits per heavy atom. The first kappa shape index (κ1) is 15.7. The minimum atomic E-state index is -0.110. The SMILES string of the molecule is COCC(=O)NC[C@@H]1CCC2(CN(C(=O)[C@H]3C[C@@H]3C)C2)OC1. The van der Waals surface area contributed by atoms with Crippen molar-refractivity contribution >= 4 is 11.8 Å². The molecule has 1 spiro atoms. The second kappa shape index (κ2) is 6.16. The molecule has 2 aliphatic heterocycles. The van der Waals surface area contributed by atoms with Gasteiger partial charge < -0.3 is 19.7 Å². The van der Waals surface area contributed by atoms with Crippen molar-refractivity contribution in [1.82, 2.24) is 10.2 Å². The lowest BCUT2D eigenvalue weighted by molar-refractivity contribution is -0.189. The van der Waals surface area contributed by atoms with E-state index in [1.165, 1.54) is 7.11 Å². The van der Waals surface area contributed by atoms with Crippen LogP contribution < -0.4 is 5.32 Å². The molecule has 1 saturated carbocycles. The summed E-state index contributed by atoms with van der Waals surface area (Å²) in [6.07, 6.45) is 3.06. The van der Waals surface area contributed by atoms with Gasteiger partial charge in [-0.1, -0.05) is 6.92 Å². The number of hydrogen-bond acceptors (Lipinski definition) is 4. The van der Waals surface area contributed by atoms with E-state index in [1.807, 2.05) is 4.90 Å². The van der Waals surface area contributed by atoms with Crippen molar-refractivity contribution in [3.05, 3.63) is 0 Å². The van der Waals surface area contributed by atoms with Crippen LogP contribution >= 0.6 is 0 Å². The average Bonchev–Trinajstić information content (AvgIpc) is 3.20. The Labute approximate surface area is 131 Å². The second-order valence-electron chi connectivity index (χ2n) is 7.15. The minimum absolute atomic E-state index is 0.0817. The van der Waals surface area contributed by atoms with Crippen molar-refractivity contribution in [1.29, 1.82) is 0 Å². The van der Waals surface area contributed by atoms with E-state index in [9.17, 15) is 9.59 Å². The van der Waals surface area contributed by atoms with Crippen LogP contribution in [0.25, 0.3) is 0 Å². The van der Waals surface area contributed by atoms with Crippen molar-refractivity contribution in [3.63, 3.8) is 0 Å². The summed E-state index contributed by atoms with van der Waals surface area (Å²) in [4.78, 5) is 25.5. The van der Waals surface area contributed by atoms with Crippen molar-refractivity contribution in [2.24, 2.45) is 17.8 Å². The van der Waals surface area contributed by atoms with E-state index < -0.39 is 0 Å². The van der Waals surface area contributed by atoms with Crippen LogP contribution in [0.5, 0.6) is 0 Å². The van der Waals surface area contributed by atoms with E-state index in [1.54, 1.807) is 0 Å². The molecular weight excluding hydrogens is 284 g/mol. The van der Waals surface area contributed by atoms with Gasteiger partial charge in [-0.15, -0.1) is 0 Å². The van der Waals surface area contributed by atoms with Crippen LogP contribution in [-0.4, -0.2) is 62.3 Å². The van der Waals surface area contributed by atoms with Gasteiger partial charge in [0.15, 0.2) is 0 Å². The number of rotatable bonds is 5. The second-order valence-corrected chi connectivity index (χ2v) is 7.15. The summed E-state index contributed by atoms with van der Waals surface area (Å²) in [5.74, 6) is 1.43. The molecule has 0 aromatic rings. The molecule has 0 aromatic heterocycles. The predicted octanol–water partition coefficient (Wildman–Crippen LogP) is 0.413. The smallest absolute Gasteiger partial charge is 0.245 e. The maximum atomic E-state index is 12.1. The molecule has 1 aliphatic carbocycles. The highest BCUT2D eigenvalue weighted by Crippen LogP contribution is 2.43. The Bertz CT molecular complexity index is 437. The third-order valence-electron chi connectivity index (χ3n) is 5.19. The number of hydrogen-bond donors (Lipinski definition) is 1. The molecule has 0 aromatic carbocycles. The fraction of sp³-hybridized carbons (Fsp3) is 0.875. The van der Waals surface area contributed by atoms with Gasteiger partial charge >= 0.3 is 0 Å². The summed E-state index contributed by atoms with van der Waals surface area (Å²) in [5.41, 5.74) is -0.110. The topological polar surface area (TPSA) is 67.9 Å². The zero-order valence-electron chi connectivity index (χ0n) is 13.5. The molecule has 2 saturated heterocycles. The van der Waals surface area contributed by atoms with Gasteiger partial charge in [-0.3, -0.25) is 9.59 Å². The van der Waals surface area contributed by atoms with Crippen molar-refractivity contribution in [2.45, 2.75) is 31.8 Å². The highest BCUT2D eigenvalue weighted by atomic mass is 16.5. The fourth-order valence-corrected chi connectivity index (χ4v) is 3.47. The van der Waals surface area contributed by atoms with Crippen LogP contribution in [0.4, 0.5) is 0 Å². The van der Waals surface area contributed by atoms with E-state index in [0.717, 1.165) is 32.4 Å². The van der Waals surface area contributed by atoms with E-state index in [0.29, 0.717) is 30.9 Å². The molecule has 0 bridgehead atoms. The molecule has 2 amide bonds. The highest BCUT2D eigenvalue weighted by molar-refractivity contribution is 5.82. The number of carbonyl (C=O) groups is 2. The molecule has 2 heterocycles. The minimum Gasteiger partial charge on any atom is -0.375 e. The van der Waals surface area contributed by atoms with Gasteiger partial charge in [0.2, 0.25) is 11.8 Å². The quantitative estimate of drug-likeness (QED) is 0.799. The van der Waals surface area contributed by atoms with Gasteiger partial charge in [0.05, 0.1) is 19.7 Å². The Morgan fingerprint density at radius 1 is 1.41 bits per heavy atom. The lowest BCUT2D eigenvalue weighted by Gasteiger charge is -2.53. The summed E-state index contributed by atoms with van der Waals surface area (Å²) >= 11 is 0. The van der Waals surface area contributed by atoms with E-state index in [4.69, 9.17) is 9.47 Å². The average molecular weight is 310 g/mol. The van der Waals surface area contributed by atoms with E-state index >= 15 is 0 Å². The van der Waals surface area contributed by atoms with Crippen LogP contribution in [0, 0.1) is 17.8 Å². The molecule has 124 valence electrons. The number of likely N-dealkylation sites (tertiary alicyclic amines) is 1. The normalized spacial score (nSPS) is 32.5. The van der Waals surface area contributed by atoms with Gasteiger partial charge in [0, 0.05) is 19.6 Å². The lowest BCUT2D eigenvalue weighted by Crippen LogP contribution is -2.66. The van der Waals surface area contributed by atoms with Gasteiger partial charge in [0.1, 0.15) is 12.2 Å². The Kier molecular flexibility index (Phi) is 4.41. The Morgan fingerprint density at radius 3 is 2.68 bits per heavy atom. The van der Waals surface area contributed by atoms with Gasteiger partial charge in [0.25, 0.3) is 0 Å². The Balaban J connectivity index is 1.36. The number of carbonyl (C=O) groups excluding carboxylic acids is 2. The van der Waals surface area contributed by atoms with Crippen molar-refractivity contribution < 1.29 is 19.1 Å². The van der Waals surface area contributed by atoms with Gasteiger partial charge in [-0.05, 0) is 31.1 Å². The van der Waals surface area contributed by atoms with E-state index in [2.05, 4.69) is 12.2 Å². The molecular formula is C16H26N2O4. The maximum absolute atomic E-state index is 12.1. The first-order valence-electron chi connectivity index (χ1n) is 8.21. The third kappa shape index (κ3) is 3.27.